The Bertz CT molecular complexity index is 854. The van der Waals surface area contributed by atoms with Crippen molar-refractivity contribution < 1.29 is 13.2 Å². The Hall–Kier alpha value is -2.14. The van der Waals surface area contributed by atoms with Crippen molar-refractivity contribution in [3.05, 3.63) is 65.7 Å². The van der Waals surface area contributed by atoms with Gasteiger partial charge < -0.3 is 4.90 Å². The highest BCUT2D eigenvalue weighted by Crippen LogP contribution is 2.25. The third-order valence-corrected chi connectivity index (χ3v) is 7.29. The largest absolute Gasteiger partial charge is 0.343 e. The van der Waals surface area contributed by atoms with Crippen LogP contribution in [-0.2, 0) is 21.1 Å². The van der Waals surface area contributed by atoms with Gasteiger partial charge in [-0.1, -0.05) is 48.0 Å². The number of sulfone groups is 1. The van der Waals surface area contributed by atoms with Crippen LogP contribution in [-0.4, -0.2) is 37.6 Å². The topological polar surface area (TPSA) is 54.5 Å². The maximum Gasteiger partial charge on any atom is 0.222 e. The smallest absolute Gasteiger partial charge is 0.222 e. The molecule has 5 heteroatoms. The van der Waals surface area contributed by atoms with Crippen LogP contribution < -0.4 is 0 Å². The molecule has 0 aromatic heterocycles. The summed E-state index contributed by atoms with van der Waals surface area (Å²) in [6.07, 6.45) is 2.21. The molecule has 0 aliphatic carbocycles. The van der Waals surface area contributed by atoms with E-state index in [0.717, 1.165) is 6.42 Å². The van der Waals surface area contributed by atoms with Gasteiger partial charge in [0.25, 0.3) is 0 Å². The van der Waals surface area contributed by atoms with Crippen LogP contribution in [0.15, 0.2) is 59.5 Å². The lowest BCUT2D eigenvalue weighted by molar-refractivity contribution is -0.132. The molecule has 4 nitrogen and oxygen atoms in total. The molecule has 2 aromatic rings. The molecule has 1 heterocycles. The fourth-order valence-corrected chi connectivity index (χ4v) is 5.25. The summed E-state index contributed by atoms with van der Waals surface area (Å²) >= 11 is 0. The number of carbonyl (C=O) groups excluding carboxylic acids is 1. The quantitative estimate of drug-likeness (QED) is 0.809. The van der Waals surface area contributed by atoms with Crippen LogP contribution in [0.4, 0.5) is 0 Å². The number of likely N-dealkylation sites (tertiary alicyclic amines) is 1. The van der Waals surface area contributed by atoms with Gasteiger partial charge in [0.05, 0.1) is 10.1 Å². The Balaban J connectivity index is 1.54. The molecule has 1 fully saturated rings. The summed E-state index contributed by atoms with van der Waals surface area (Å²) in [5, 5.41) is -0.397. The van der Waals surface area contributed by atoms with Crippen LogP contribution >= 0.6 is 0 Å². The van der Waals surface area contributed by atoms with Gasteiger partial charge in [0, 0.05) is 19.5 Å². The maximum atomic E-state index is 12.7. The molecule has 0 atom stereocenters. The standard InChI is InChI=1S/C21H25NO3S/c1-17-6-5-7-18(16-17)10-11-21(23)22-14-12-20(13-15-22)26(24,25)19-8-3-2-4-9-19/h2-9,16,20H,10-15H2,1H3. The second kappa shape index (κ2) is 8.04. The van der Waals surface area contributed by atoms with E-state index in [1.54, 1.807) is 24.3 Å². The average molecular weight is 372 g/mol. The number of piperidine rings is 1. The molecular weight excluding hydrogens is 346 g/mol. The fourth-order valence-electron chi connectivity index (χ4n) is 3.50. The van der Waals surface area contributed by atoms with Gasteiger partial charge in [-0.15, -0.1) is 0 Å². The van der Waals surface area contributed by atoms with E-state index in [1.165, 1.54) is 11.1 Å². The summed E-state index contributed by atoms with van der Waals surface area (Å²) < 4.78 is 25.4. The van der Waals surface area contributed by atoms with E-state index in [0.29, 0.717) is 37.2 Å². The van der Waals surface area contributed by atoms with Crippen molar-refractivity contribution in [3.63, 3.8) is 0 Å². The van der Waals surface area contributed by atoms with E-state index in [2.05, 4.69) is 6.07 Å². The number of aryl methyl sites for hydroxylation is 2. The third-order valence-electron chi connectivity index (χ3n) is 5.02. The molecule has 0 unspecified atom stereocenters. The van der Waals surface area contributed by atoms with Crippen LogP contribution in [0, 0.1) is 6.92 Å². The minimum Gasteiger partial charge on any atom is -0.343 e. The molecule has 0 saturated carbocycles. The zero-order chi connectivity index (χ0) is 18.6. The van der Waals surface area contributed by atoms with Gasteiger partial charge in [-0.25, -0.2) is 8.42 Å². The highest BCUT2D eigenvalue weighted by Gasteiger charge is 2.32. The number of rotatable bonds is 5. The summed E-state index contributed by atoms with van der Waals surface area (Å²) in [5.74, 6) is 0.113. The van der Waals surface area contributed by atoms with Gasteiger partial charge in [0.1, 0.15) is 0 Å². The number of hydrogen-bond donors (Lipinski definition) is 0. The van der Waals surface area contributed by atoms with Gasteiger partial charge in [-0.3, -0.25) is 4.79 Å². The molecule has 138 valence electrons. The summed E-state index contributed by atoms with van der Waals surface area (Å²) in [7, 11) is -3.31. The zero-order valence-corrected chi connectivity index (χ0v) is 15.9. The third kappa shape index (κ3) is 4.33. The van der Waals surface area contributed by atoms with E-state index in [9.17, 15) is 13.2 Å². The van der Waals surface area contributed by atoms with E-state index in [1.807, 2.05) is 36.1 Å². The Labute approximate surface area is 155 Å². The molecule has 1 saturated heterocycles. The Morgan fingerprint density at radius 3 is 2.38 bits per heavy atom. The number of nitrogens with zero attached hydrogens (tertiary/aromatic N) is 1. The fraction of sp³-hybridized carbons (Fsp3) is 0.381. The monoisotopic (exact) mass is 371 g/mol. The second-order valence-corrected chi connectivity index (χ2v) is 9.16. The van der Waals surface area contributed by atoms with Gasteiger partial charge in [0.15, 0.2) is 9.84 Å². The summed E-state index contributed by atoms with van der Waals surface area (Å²) in [4.78, 5) is 14.7. The van der Waals surface area contributed by atoms with E-state index < -0.39 is 15.1 Å². The molecule has 26 heavy (non-hydrogen) atoms. The first kappa shape index (κ1) is 18.6. The predicted octanol–water partition coefficient (Wildman–Crippen LogP) is 3.39. The zero-order valence-electron chi connectivity index (χ0n) is 15.1. The molecule has 0 N–H and O–H groups in total. The first-order chi connectivity index (χ1) is 12.5. The summed E-state index contributed by atoms with van der Waals surface area (Å²) in [6, 6.07) is 16.8. The second-order valence-electron chi connectivity index (χ2n) is 6.93. The molecular formula is C21H25NO3S. The lowest BCUT2D eigenvalue weighted by atomic mass is 10.1. The SMILES string of the molecule is Cc1cccc(CCC(=O)N2CCC(S(=O)(=O)c3ccccc3)CC2)c1. The summed E-state index contributed by atoms with van der Waals surface area (Å²) in [5.41, 5.74) is 2.36. The Kier molecular flexibility index (Phi) is 5.77. The minimum absolute atomic E-state index is 0.113. The Morgan fingerprint density at radius 2 is 1.73 bits per heavy atom. The molecule has 3 rings (SSSR count). The van der Waals surface area contributed by atoms with Crippen molar-refractivity contribution in [1.82, 2.24) is 4.90 Å². The molecule has 1 aliphatic rings. The van der Waals surface area contributed by atoms with Gasteiger partial charge >= 0.3 is 0 Å². The molecule has 1 aliphatic heterocycles. The number of benzene rings is 2. The number of hydrogen-bond acceptors (Lipinski definition) is 3. The first-order valence-corrected chi connectivity index (χ1v) is 10.6. The van der Waals surface area contributed by atoms with Crippen LogP contribution in [0.1, 0.15) is 30.4 Å². The van der Waals surface area contributed by atoms with Gasteiger partial charge in [-0.05, 0) is 43.9 Å². The first-order valence-electron chi connectivity index (χ1n) is 9.09. The predicted molar refractivity (Wildman–Crippen MR) is 103 cm³/mol. The van der Waals surface area contributed by atoms with E-state index in [4.69, 9.17) is 0 Å². The molecule has 0 spiro atoms. The number of carbonyl (C=O) groups is 1. The van der Waals surface area contributed by atoms with Crippen molar-refractivity contribution in [2.24, 2.45) is 0 Å². The number of amides is 1. The van der Waals surface area contributed by atoms with Gasteiger partial charge in [0.2, 0.25) is 5.91 Å². The lowest BCUT2D eigenvalue weighted by Gasteiger charge is -2.32. The van der Waals surface area contributed by atoms with Crippen LogP contribution in [0.5, 0.6) is 0 Å². The van der Waals surface area contributed by atoms with Crippen molar-refractivity contribution >= 4 is 15.7 Å². The molecule has 2 aromatic carbocycles. The van der Waals surface area contributed by atoms with Crippen LogP contribution in [0.2, 0.25) is 0 Å². The van der Waals surface area contributed by atoms with Crippen LogP contribution in [0.25, 0.3) is 0 Å². The van der Waals surface area contributed by atoms with Crippen molar-refractivity contribution in [3.8, 4) is 0 Å². The average Bonchev–Trinajstić information content (AvgIpc) is 2.67. The molecule has 1 amide bonds. The highest BCUT2D eigenvalue weighted by molar-refractivity contribution is 7.92. The molecule has 0 radical (unpaired) electrons. The van der Waals surface area contributed by atoms with Gasteiger partial charge in [-0.2, -0.15) is 0 Å². The van der Waals surface area contributed by atoms with Crippen molar-refractivity contribution in [1.29, 1.82) is 0 Å². The van der Waals surface area contributed by atoms with Crippen molar-refractivity contribution in [2.75, 3.05) is 13.1 Å². The lowest BCUT2D eigenvalue weighted by Crippen LogP contribution is -2.42. The maximum absolute atomic E-state index is 12.7. The Morgan fingerprint density at radius 1 is 1.04 bits per heavy atom. The minimum atomic E-state index is -3.31. The summed E-state index contributed by atoms with van der Waals surface area (Å²) in [6.45, 7) is 3.08. The highest BCUT2D eigenvalue weighted by atomic mass is 32.2. The van der Waals surface area contributed by atoms with E-state index in [-0.39, 0.29) is 5.91 Å². The van der Waals surface area contributed by atoms with E-state index >= 15 is 0 Å². The molecule has 0 bridgehead atoms. The normalized spacial score (nSPS) is 15.8. The van der Waals surface area contributed by atoms with Crippen LogP contribution in [0.3, 0.4) is 0 Å². The van der Waals surface area contributed by atoms with Crippen molar-refractivity contribution in [2.45, 2.75) is 42.8 Å².